The minimum absolute atomic E-state index is 0.0676. The van der Waals surface area contributed by atoms with Gasteiger partial charge in [0.1, 0.15) is 11.6 Å². The number of rotatable bonds is 3. The summed E-state index contributed by atoms with van der Waals surface area (Å²) in [4.78, 5) is 11.8. The molecular weight excluding hydrogens is 259 g/mol. The summed E-state index contributed by atoms with van der Waals surface area (Å²) < 4.78 is 12.7. The smallest absolute Gasteiger partial charge is 0.275 e. The van der Waals surface area contributed by atoms with Crippen LogP contribution in [0.5, 0.6) is 5.75 Å². The van der Waals surface area contributed by atoms with Gasteiger partial charge in [-0.2, -0.15) is 5.10 Å². The Morgan fingerprint density at radius 2 is 1.95 bits per heavy atom. The van der Waals surface area contributed by atoms with E-state index in [-0.39, 0.29) is 17.1 Å². The first kappa shape index (κ1) is 13.7. The van der Waals surface area contributed by atoms with Gasteiger partial charge in [0, 0.05) is 0 Å². The Hall–Kier alpha value is -2.69. The van der Waals surface area contributed by atoms with Gasteiger partial charge in [-0.25, -0.2) is 9.82 Å². The Morgan fingerprint density at radius 1 is 1.25 bits per heavy atom. The number of hydrogen-bond donors (Lipinski definition) is 2. The first-order valence-electron chi connectivity index (χ1n) is 5.95. The number of nitrogens with one attached hydrogen (secondary N) is 1. The highest BCUT2D eigenvalue weighted by molar-refractivity contribution is 5.97. The normalized spacial score (nSPS) is 10.7. The topological polar surface area (TPSA) is 61.7 Å². The third-order valence-electron chi connectivity index (χ3n) is 2.73. The van der Waals surface area contributed by atoms with Gasteiger partial charge in [0.25, 0.3) is 5.91 Å². The Morgan fingerprint density at radius 3 is 2.65 bits per heavy atom. The molecule has 0 unspecified atom stereocenters. The van der Waals surface area contributed by atoms with Crippen LogP contribution in [-0.4, -0.2) is 17.2 Å². The lowest BCUT2D eigenvalue weighted by atomic mass is 10.1. The molecule has 0 spiro atoms. The van der Waals surface area contributed by atoms with Crippen molar-refractivity contribution in [1.29, 1.82) is 0 Å². The molecule has 0 aliphatic carbocycles. The van der Waals surface area contributed by atoms with Crippen molar-refractivity contribution in [3.8, 4) is 5.75 Å². The van der Waals surface area contributed by atoms with Crippen LogP contribution in [0.2, 0.25) is 0 Å². The molecule has 0 atom stereocenters. The predicted octanol–water partition coefficient (Wildman–Crippen LogP) is 2.60. The summed E-state index contributed by atoms with van der Waals surface area (Å²) >= 11 is 0. The Kier molecular flexibility index (Phi) is 4.10. The quantitative estimate of drug-likeness (QED) is 0.666. The average molecular weight is 272 g/mol. The van der Waals surface area contributed by atoms with E-state index in [1.807, 2.05) is 0 Å². The molecule has 5 heteroatoms. The number of halogens is 1. The van der Waals surface area contributed by atoms with E-state index in [2.05, 4.69) is 10.5 Å². The number of phenols is 1. The standard InChI is InChI=1S/C15H13FN2O2/c1-10-3-2-4-13(14(10)19)15(20)18-17-9-11-5-7-12(16)8-6-11/h2-9,19H,1H3,(H,18,20)/b17-9+. The fraction of sp³-hybridized carbons (Fsp3) is 0.0667. The fourth-order valence-corrected chi connectivity index (χ4v) is 1.62. The van der Waals surface area contributed by atoms with Crippen LogP contribution in [0.25, 0.3) is 0 Å². The highest BCUT2D eigenvalue weighted by Crippen LogP contribution is 2.20. The van der Waals surface area contributed by atoms with Crippen molar-refractivity contribution in [2.75, 3.05) is 0 Å². The zero-order chi connectivity index (χ0) is 14.5. The Bertz CT molecular complexity index is 651. The third-order valence-corrected chi connectivity index (χ3v) is 2.73. The molecule has 2 aromatic carbocycles. The summed E-state index contributed by atoms with van der Waals surface area (Å²) in [6.45, 7) is 1.70. The number of para-hydroxylation sites is 1. The average Bonchev–Trinajstić information content (AvgIpc) is 2.44. The number of aromatic hydroxyl groups is 1. The highest BCUT2D eigenvalue weighted by Gasteiger charge is 2.11. The summed E-state index contributed by atoms with van der Waals surface area (Å²) in [7, 11) is 0. The molecular formula is C15H13FN2O2. The highest BCUT2D eigenvalue weighted by atomic mass is 19.1. The molecule has 0 saturated carbocycles. The van der Waals surface area contributed by atoms with E-state index in [4.69, 9.17) is 0 Å². The lowest BCUT2D eigenvalue weighted by molar-refractivity contribution is 0.0952. The van der Waals surface area contributed by atoms with Gasteiger partial charge >= 0.3 is 0 Å². The van der Waals surface area contributed by atoms with Gasteiger partial charge in [-0.15, -0.1) is 0 Å². The van der Waals surface area contributed by atoms with E-state index in [1.54, 1.807) is 19.1 Å². The van der Waals surface area contributed by atoms with E-state index in [9.17, 15) is 14.3 Å². The number of carbonyl (C=O) groups is 1. The van der Waals surface area contributed by atoms with Crippen molar-refractivity contribution in [1.82, 2.24) is 5.43 Å². The molecule has 0 fully saturated rings. The Labute approximate surface area is 115 Å². The molecule has 2 rings (SSSR count). The van der Waals surface area contributed by atoms with Gasteiger partial charge < -0.3 is 5.11 Å². The van der Waals surface area contributed by atoms with Crippen molar-refractivity contribution in [2.45, 2.75) is 6.92 Å². The van der Waals surface area contributed by atoms with Crippen LogP contribution in [0.4, 0.5) is 4.39 Å². The maximum Gasteiger partial charge on any atom is 0.275 e. The van der Waals surface area contributed by atoms with Gasteiger partial charge in [0.05, 0.1) is 11.8 Å². The minimum Gasteiger partial charge on any atom is -0.507 e. The molecule has 102 valence electrons. The predicted molar refractivity (Wildman–Crippen MR) is 74.3 cm³/mol. The second-order valence-corrected chi connectivity index (χ2v) is 4.22. The summed E-state index contributed by atoms with van der Waals surface area (Å²) in [5.74, 6) is -0.914. The molecule has 0 aliphatic heterocycles. The SMILES string of the molecule is Cc1cccc(C(=O)N/N=C/c2ccc(F)cc2)c1O. The van der Waals surface area contributed by atoms with Crippen molar-refractivity contribution >= 4 is 12.1 Å². The second kappa shape index (κ2) is 5.97. The minimum atomic E-state index is -0.510. The first-order chi connectivity index (χ1) is 9.58. The van der Waals surface area contributed by atoms with Crippen molar-refractivity contribution < 1.29 is 14.3 Å². The summed E-state index contributed by atoms with van der Waals surface area (Å²) in [5, 5.41) is 13.5. The van der Waals surface area contributed by atoms with E-state index in [0.717, 1.165) is 0 Å². The summed E-state index contributed by atoms with van der Waals surface area (Å²) in [6.07, 6.45) is 1.39. The van der Waals surface area contributed by atoms with E-state index >= 15 is 0 Å². The van der Waals surface area contributed by atoms with Crippen LogP contribution >= 0.6 is 0 Å². The number of benzene rings is 2. The molecule has 0 bridgehead atoms. The van der Waals surface area contributed by atoms with E-state index in [0.29, 0.717) is 11.1 Å². The van der Waals surface area contributed by atoms with Crippen LogP contribution < -0.4 is 5.43 Å². The maximum atomic E-state index is 12.7. The fourth-order valence-electron chi connectivity index (χ4n) is 1.62. The molecule has 4 nitrogen and oxygen atoms in total. The zero-order valence-corrected chi connectivity index (χ0v) is 10.8. The van der Waals surface area contributed by atoms with Crippen LogP contribution in [0, 0.1) is 12.7 Å². The van der Waals surface area contributed by atoms with E-state index < -0.39 is 5.91 Å². The van der Waals surface area contributed by atoms with Gasteiger partial charge in [-0.3, -0.25) is 4.79 Å². The third kappa shape index (κ3) is 3.20. The molecule has 0 aliphatic rings. The van der Waals surface area contributed by atoms with E-state index in [1.165, 1.54) is 36.5 Å². The van der Waals surface area contributed by atoms with Crippen LogP contribution in [0.3, 0.4) is 0 Å². The monoisotopic (exact) mass is 272 g/mol. The lowest BCUT2D eigenvalue weighted by Crippen LogP contribution is -2.17. The van der Waals surface area contributed by atoms with Gasteiger partial charge in [-0.05, 0) is 36.2 Å². The van der Waals surface area contributed by atoms with Crippen LogP contribution in [-0.2, 0) is 0 Å². The number of hydrazone groups is 1. The number of amides is 1. The number of hydrogen-bond acceptors (Lipinski definition) is 3. The summed E-state index contributed by atoms with van der Waals surface area (Å²) in [6, 6.07) is 10.6. The number of aryl methyl sites for hydroxylation is 1. The molecule has 0 aromatic heterocycles. The Balaban J connectivity index is 2.05. The van der Waals surface area contributed by atoms with Crippen molar-refractivity contribution in [2.24, 2.45) is 5.10 Å². The number of phenolic OH excluding ortho intramolecular Hbond substituents is 1. The lowest BCUT2D eigenvalue weighted by Gasteiger charge is -2.04. The van der Waals surface area contributed by atoms with Gasteiger partial charge in [-0.1, -0.05) is 24.3 Å². The molecule has 2 aromatic rings. The van der Waals surface area contributed by atoms with Crippen molar-refractivity contribution in [3.63, 3.8) is 0 Å². The molecule has 0 saturated heterocycles. The van der Waals surface area contributed by atoms with Crippen molar-refractivity contribution in [3.05, 3.63) is 65.0 Å². The van der Waals surface area contributed by atoms with Gasteiger partial charge in [0.15, 0.2) is 0 Å². The molecule has 0 radical (unpaired) electrons. The van der Waals surface area contributed by atoms with Crippen LogP contribution in [0.15, 0.2) is 47.6 Å². The molecule has 20 heavy (non-hydrogen) atoms. The largest absolute Gasteiger partial charge is 0.507 e. The zero-order valence-electron chi connectivity index (χ0n) is 10.8. The molecule has 0 heterocycles. The number of nitrogens with zero attached hydrogens (tertiary/aromatic N) is 1. The molecule has 1 amide bonds. The second-order valence-electron chi connectivity index (χ2n) is 4.22. The molecule has 2 N–H and O–H groups in total. The van der Waals surface area contributed by atoms with Crippen LogP contribution in [0.1, 0.15) is 21.5 Å². The summed E-state index contributed by atoms with van der Waals surface area (Å²) in [5.41, 5.74) is 3.72. The maximum absolute atomic E-state index is 12.7. The number of carbonyl (C=O) groups excluding carboxylic acids is 1. The first-order valence-corrected chi connectivity index (χ1v) is 5.95. The van der Waals surface area contributed by atoms with Gasteiger partial charge in [0.2, 0.25) is 0 Å².